The first-order chi connectivity index (χ1) is 13.4. The van der Waals surface area contributed by atoms with Crippen LogP contribution < -0.4 is 5.63 Å². The number of carbonyl (C=O) groups is 1. The molecular weight excluding hydrogens is 370 g/mol. The number of fused-ring (bicyclic) bond motifs is 1. The summed E-state index contributed by atoms with van der Waals surface area (Å²) in [7, 11) is 1.79. The van der Waals surface area contributed by atoms with Crippen LogP contribution in [0.25, 0.3) is 11.0 Å². The standard InChI is InChI=1S/C23H25NO3S/c1-15-5-10-19-16(2)20(23(26)27-21(19)13-15)11-12-22(25)24(3)14-17-6-8-18(28-4)9-7-17/h5-10,13H,11-12,14H2,1-4H3. The molecule has 0 saturated carbocycles. The first-order valence-corrected chi connectivity index (χ1v) is 10.5. The van der Waals surface area contributed by atoms with E-state index in [2.05, 4.69) is 12.1 Å². The van der Waals surface area contributed by atoms with E-state index in [4.69, 9.17) is 4.42 Å². The first kappa shape index (κ1) is 20.2. The van der Waals surface area contributed by atoms with Gasteiger partial charge in [-0.2, -0.15) is 0 Å². The fourth-order valence-corrected chi connectivity index (χ4v) is 3.71. The van der Waals surface area contributed by atoms with Crippen molar-refractivity contribution in [2.45, 2.75) is 38.1 Å². The second-order valence-electron chi connectivity index (χ2n) is 7.09. The molecule has 0 saturated heterocycles. The molecule has 0 aliphatic heterocycles. The summed E-state index contributed by atoms with van der Waals surface area (Å²) in [6.45, 7) is 4.44. The molecule has 0 atom stereocenters. The van der Waals surface area contributed by atoms with Crippen molar-refractivity contribution < 1.29 is 9.21 Å². The van der Waals surface area contributed by atoms with Gasteiger partial charge in [-0.1, -0.05) is 24.3 Å². The maximum absolute atomic E-state index is 12.6. The zero-order valence-electron chi connectivity index (χ0n) is 16.7. The molecule has 0 bridgehead atoms. The lowest BCUT2D eigenvalue weighted by Gasteiger charge is -2.18. The summed E-state index contributed by atoms with van der Waals surface area (Å²) in [5.41, 5.74) is 3.87. The summed E-state index contributed by atoms with van der Waals surface area (Å²) in [4.78, 5) is 27.9. The summed E-state index contributed by atoms with van der Waals surface area (Å²) in [6, 6.07) is 14.0. The summed E-state index contributed by atoms with van der Waals surface area (Å²) >= 11 is 1.69. The lowest BCUT2D eigenvalue weighted by atomic mass is 10.0. The van der Waals surface area contributed by atoms with Crippen LogP contribution in [0.3, 0.4) is 0 Å². The summed E-state index contributed by atoms with van der Waals surface area (Å²) < 4.78 is 5.48. The summed E-state index contributed by atoms with van der Waals surface area (Å²) in [5, 5.41) is 0.926. The Hall–Kier alpha value is -2.53. The molecule has 0 radical (unpaired) electrons. The van der Waals surface area contributed by atoms with Gasteiger partial charge in [0, 0.05) is 35.9 Å². The van der Waals surface area contributed by atoms with Crippen molar-refractivity contribution in [2.24, 2.45) is 0 Å². The molecule has 1 heterocycles. The Balaban J connectivity index is 1.69. The Kier molecular flexibility index (Phi) is 6.25. The van der Waals surface area contributed by atoms with Crippen molar-refractivity contribution >= 4 is 28.6 Å². The number of hydrogen-bond donors (Lipinski definition) is 0. The predicted octanol–water partition coefficient (Wildman–Crippen LogP) is 4.72. The molecular formula is C23H25NO3S. The third-order valence-electron chi connectivity index (χ3n) is 5.04. The average molecular weight is 396 g/mol. The van der Waals surface area contributed by atoms with E-state index < -0.39 is 0 Å². The van der Waals surface area contributed by atoms with Crippen molar-refractivity contribution in [3.63, 3.8) is 0 Å². The molecule has 1 amide bonds. The Morgan fingerprint density at radius 1 is 1.11 bits per heavy atom. The minimum absolute atomic E-state index is 0.0109. The van der Waals surface area contributed by atoms with Crippen LogP contribution >= 0.6 is 11.8 Å². The van der Waals surface area contributed by atoms with E-state index in [1.165, 1.54) is 4.90 Å². The highest BCUT2D eigenvalue weighted by molar-refractivity contribution is 7.98. The van der Waals surface area contributed by atoms with Crippen molar-refractivity contribution in [3.8, 4) is 0 Å². The Bertz CT molecular complexity index is 1050. The number of hydrogen-bond acceptors (Lipinski definition) is 4. The fraction of sp³-hybridized carbons (Fsp3) is 0.304. The average Bonchev–Trinajstić information content (AvgIpc) is 2.67. The topological polar surface area (TPSA) is 50.5 Å². The van der Waals surface area contributed by atoms with Crippen LogP contribution in [0.4, 0.5) is 0 Å². The maximum atomic E-state index is 12.6. The number of aryl methyl sites for hydroxylation is 2. The van der Waals surface area contributed by atoms with E-state index in [9.17, 15) is 9.59 Å². The molecule has 0 aliphatic carbocycles. The lowest BCUT2D eigenvalue weighted by molar-refractivity contribution is -0.130. The molecule has 146 valence electrons. The van der Waals surface area contributed by atoms with Gasteiger partial charge in [0.15, 0.2) is 0 Å². The van der Waals surface area contributed by atoms with Gasteiger partial charge in [0.05, 0.1) is 0 Å². The minimum Gasteiger partial charge on any atom is -0.423 e. The van der Waals surface area contributed by atoms with Crippen molar-refractivity contribution in [3.05, 3.63) is 75.1 Å². The van der Waals surface area contributed by atoms with Gasteiger partial charge in [0.1, 0.15) is 5.58 Å². The monoisotopic (exact) mass is 395 g/mol. The number of benzene rings is 2. The van der Waals surface area contributed by atoms with Gasteiger partial charge in [0.25, 0.3) is 0 Å². The number of thioether (sulfide) groups is 1. The molecule has 3 rings (SSSR count). The van der Waals surface area contributed by atoms with Crippen molar-refractivity contribution in [2.75, 3.05) is 13.3 Å². The largest absolute Gasteiger partial charge is 0.423 e. The molecule has 0 aliphatic rings. The minimum atomic E-state index is -0.348. The molecule has 28 heavy (non-hydrogen) atoms. The molecule has 5 heteroatoms. The third-order valence-corrected chi connectivity index (χ3v) is 5.78. The number of carbonyl (C=O) groups excluding carboxylic acids is 1. The molecule has 0 unspecified atom stereocenters. The molecule has 2 aromatic carbocycles. The van der Waals surface area contributed by atoms with E-state index in [1.54, 1.807) is 23.7 Å². The van der Waals surface area contributed by atoms with Crippen LogP contribution in [0, 0.1) is 13.8 Å². The molecule has 0 spiro atoms. The van der Waals surface area contributed by atoms with E-state index in [0.717, 1.165) is 22.1 Å². The predicted molar refractivity (Wildman–Crippen MR) is 115 cm³/mol. The quantitative estimate of drug-likeness (QED) is 0.447. The molecule has 0 fully saturated rings. The number of nitrogens with zero attached hydrogens (tertiary/aromatic N) is 1. The SMILES string of the molecule is CSc1ccc(CN(C)C(=O)CCc2c(C)c3ccc(C)cc3oc2=O)cc1. The van der Waals surface area contributed by atoms with Crippen LogP contribution in [0.15, 0.2) is 56.6 Å². The van der Waals surface area contributed by atoms with Crippen molar-refractivity contribution in [1.29, 1.82) is 0 Å². The zero-order valence-corrected chi connectivity index (χ0v) is 17.6. The van der Waals surface area contributed by atoms with Crippen molar-refractivity contribution in [1.82, 2.24) is 4.90 Å². The van der Waals surface area contributed by atoms with E-state index in [0.29, 0.717) is 24.1 Å². The van der Waals surface area contributed by atoms with Crippen LogP contribution in [0.1, 0.15) is 28.7 Å². The zero-order chi connectivity index (χ0) is 20.3. The second kappa shape index (κ2) is 8.65. The summed E-state index contributed by atoms with van der Waals surface area (Å²) in [6.07, 6.45) is 2.70. The molecule has 0 N–H and O–H groups in total. The lowest BCUT2D eigenvalue weighted by Crippen LogP contribution is -2.27. The van der Waals surface area contributed by atoms with Gasteiger partial charge < -0.3 is 9.32 Å². The number of rotatable bonds is 6. The van der Waals surface area contributed by atoms with E-state index in [1.807, 2.05) is 50.4 Å². The van der Waals surface area contributed by atoms with Gasteiger partial charge >= 0.3 is 5.63 Å². The van der Waals surface area contributed by atoms with Gasteiger partial charge in [-0.05, 0) is 61.4 Å². The van der Waals surface area contributed by atoms with E-state index in [-0.39, 0.29) is 18.0 Å². The normalized spacial score (nSPS) is 11.0. The van der Waals surface area contributed by atoms with Gasteiger partial charge in [-0.25, -0.2) is 4.79 Å². The maximum Gasteiger partial charge on any atom is 0.339 e. The van der Waals surface area contributed by atoms with E-state index >= 15 is 0 Å². The van der Waals surface area contributed by atoms with Gasteiger partial charge in [-0.3, -0.25) is 4.79 Å². The molecule has 3 aromatic rings. The Labute approximate surface area is 169 Å². The van der Waals surface area contributed by atoms with Crippen LogP contribution in [-0.2, 0) is 17.8 Å². The third kappa shape index (κ3) is 4.47. The Morgan fingerprint density at radius 3 is 2.50 bits per heavy atom. The smallest absolute Gasteiger partial charge is 0.339 e. The fourth-order valence-electron chi connectivity index (χ4n) is 3.31. The summed E-state index contributed by atoms with van der Waals surface area (Å²) in [5.74, 6) is 0.0109. The van der Waals surface area contributed by atoms with Crippen LogP contribution in [0.2, 0.25) is 0 Å². The number of amides is 1. The molecule has 1 aromatic heterocycles. The molecule has 4 nitrogen and oxygen atoms in total. The highest BCUT2D eigenvalue weighted by Gasteiger charge is 2.15. The van der Waals surface area contributed by atoms with Crippen LogP contribution in [0.5, 0.6) is 0 Å². The second-order valence-corrected chi connectivity index (χ2v) is 7.97. The first-order valence-electron chi connectivity index (χ1n) is 9.29. The van der Waals surface area contributed by atoms with Crippen LogP contribution in [-0.4, -0.2) is 24.1 Å². The highest BCUT2D eigenvalue weighted by Crippen LogP contribution is 2.21. The van der Waals surface area contributed by atoms with Gasteiger partial charge in [0.2, 0.25) is 5.91 Å². The highest BCUT2D eigenvalue weighted by atomic mass is 32.2. The van der Waals surface area contributed by atoms with Gasteiger partial charge in [-0.15, -0.1) is 11.8 Å². The Morgan fingerprint density at radius 2 is 1.82 bits per heavy atom.